The largest absolute Gasteiger partial charge is 0.367 e. The van der Waals surface area contributed by atoms with Gasteiger partial charge in [0.2, 0.25) is 15.9 Å². The van der Waals surface area contributed by atoms with E-state index in [0.29, 0.717) is 31.0 Å². The molecule has 3 N–H and O–H groups in total. The van der Waals surface area contributed by atoms with Crippen molar-refractivity contribution in [1.29, 1.82) is 0 Å². The van der Waals surface area contributed by atoms with Crippen LogP contribution in [-0.2, 0) is 27.9 Å². The van der Waals surface area contributed by atoms with E-state index >= 15 is 0 Å². The van der Waals surface area contributed by atoms with Crippen molar-refractivity contribution < 1.29 is 18.0 Å². The second-order valence-electron chi connectivity index (χ2n) is 9.59. The third-order valence-electron chi connectivity index (χ3n) is 6.59. The van der Waals surface area contributed by atoms with Crippen LogP contribution >= 0.6 is 0 Å². The van der Waals surface area contributed by atoms with Gasteiger partial charge in [-0.25, -0.2) is 18.1 Å². The molecule has 194 valence electrons. The Hall–Kier alpha value is -3.02. The Balaban J connectivity index is 1.32. The summed E-state index contributed by atoms with van der Waals surface area (Å²) in [6.07, 6.45) is 4.34. The zero-order valence-corrected chi connectivity index (χ0v) is 21.6. The zero-order valence-electron chi connectivity index (χ0n) is 20.7. The van der Waals surface area contributed by atoms with Crippen LogP contribution < -0.4 is 15.4 Å². The molecule has 0 unspecified atom stereocenters. The summed E-state index contributed by atoms with van der Waals surface area (Å²) in [6.45, 7) is 5.11. The lowest BCUT2D eigenvalue weighted by atomic mass is 10.0. The van der Waals surface area contributed by atoms with Crippen molar-refractivity contribution in [2.75, 3.05) is 37.8 Å². The molecule has 1 aromatic heterocycles. The number of piperidine rings is 1. The molecule has 1 aromatic carbocycles. The zero-order chi connectivity index (χ0) is 25.7. The van der Waals surface area contributed by atoms with Crippen LogP contribution in [0.3, 0.4) is 0 Å². The lowest BCUT2D eigenvalue weighted by Crippen LogP contribution is -2.48. The van der Waals surface area contributed by atoms with Crippen molar-refractivity contribution >= 4 is 27.7 Å². The molecule has 0 spiro atoms. The van der Waals surface area contributed by atoms with Crippen LogP contribution in [0.1, 0.15) is 41.3 Å². The molecular weight excluding hydrogens is 480 g/mol. The van der Waals surface area contributed by atoms with Crippen LogP contribution in [0.5, 0.6) is 0 Å². The second-order valence-corrected chi connectivity index (χ2v) is 11.4. The summed E-state index contributed by atoms with van der Waals surface area (Å²) >= 11 is 0. The maximum absolute atomic E-state index is 12.9. The van der Waals surface area contributed by atoms with E-state index < -0.39 is 16.1 Å². The monoisotopic (exact) mass is 514 g/mol. The number of pyridine rings is 1. The summed E-state index contributed by atoms with van der Waals surface area (Å²) in [5, 5.41) is 6.23. The number of hydrogen-bond acceptors (Lipinski definition) is 7. The third-order valence-corrected chi connectivity index (χ3v) is 7.35. The number of carbonyl (C=O) groups excluding carboxylic acids is 2. The fourth-order valence-electron chi connectivity index (χ4n) is 4.81. The van der Waals surface area contributed by atoms with E-state index in [1.807, 2.05) is 17.0 Å². The van der Waals surface area contributed by atoms with Crippen molar-refractivity contribution in [1.82, 2.24) is 24.8 Å². The quantitative estimate of drug-likeness (QED) is 0.459. The molecule has 0 radical (unpaired) electrons. The molecule has 0 aliphatic carbocycles. The minimum absolute atomic E-state index is 0.0863. The molecule has 1 fully saturated rings. The molecule has 4 rings (SSSR count). The molecule has 0 bridgehead atoms. The maximum Gasteiger partial charge on any atom is 0.251 e. The first-order valence-electron chi connectivity index (χ1n) is 12.2. The first-order valence-corrected chi connectivity index (χ1v) is 14.1. The van der Waals surface area contributed by atoms with Gasteiger partial charge in [0.15, 0.2) is 0 Å². The summed E-state index contributed by atoms with van der Waals surface area (Å²) in [4.78, 5) is 32.8. The predicted octanol–water partition coefficient (Wildman–Crippen LogP) is 1.17. The van der Waals surface area contributed by atoms with E-state index in [4.69, 9.17) is 0 Å². The van der Waals surface area contributed by atoms with Gasteiger partial charge in [-0.05, 0) is 36.1 Å². The van der Waals surface area contributed by atoms with Gasteiger partial charge in [-0.1, -0.05) is 24.3 Å². The molecule has 3 heterocycles. The lowest BCUT2D eigenvalue weighted by molar-refractivity contribution is -0.129. The van der Waals surface area contributed by atoms with Crippen molar-refractivity contribution in [2.45, 2.75) is 44.9 Å². The third kappa shape index (κ3) is 7.25. The number of hydrogen-bond donors (Lipinski definition) is 3. The molecule has 1 atom stereocenters. The molecule has 36 heavy (non-hydrogen) atoms. The van der Waals surface area contributed by atoms with Gasteiger partial charge in [-0.3, -0.25) is 14.5 Å². The Morgan fingerprint density at radius 1 is 1.11 bits per heavy atom. The van der Waals surface area contributed by atoms with Crippen molar-refractivity contribution in [3.63, 3.8) is 0 Å². The van der Waals surface area contributed by atoms with Crippen LogP contribution in [-0.4, -0.2) is 79.5 Å². The van der Waals surface area contributed by atoms with Gasteiger partial charge in [0.1, 0.15) is 5.82 Å². The number of anilines is 1. The molecule has 10 nitrogen and oxygen atoms in total. The standard InChI is InChI=1S/C25H34N6O4S/c1-18(32)31-11-8-22(9-12-31)28-24-13-19(7-10-26-24)25(33)27-14-23(29-36(2,34)35)17-30-15-20-5-3-4-6-21(20)16-30/h3-7,10,13,22-23,29H,8-9,11-12,14-17H2,1-2H3,(H,26,28)(H,27,33)/t23-/m0/s1. The molecule has 2 aromatic rings. The van der Waals surface area contributed by atoms with Crippen molar-refractivity contribution in [3.8, 4) is 0 Å². The number of sulfonamides is 1. The molecule has 2 aliphatic heterocycles. The molecule has 1 saturated heterocycles. The normalized spacial score (nSPS) is 17.4. The highest BCUT2D eigenvalue weighted by Gasteiger charge is 2.24. The van der Waals surface area contributed by atoms with Crippen LogP contribution in [0, 0.1) is 0 Å². The van der Waals surface area contributed by atoms with Crippen molar-refractivity contribution in [3.05, 3.63) is 59.3 Å². The van der Waals surface area contributed by atoms with Crippen molar-refractivity contribution in [2.24, 2.45) is 0 Å². The molecule has 2 aliphatic rings. The van der Waals surface area contributed by atoms with Crippen LogP contribution in [0.25, 0.3) is 0 Å². The lowest BCUT2D eigenvalue weighted by Gasteiger charge is -2.32. The average molecular weight is 515 g/mol. The Labute approximate surface area is 212 Å². The topological polar surface area (TPSA) is 124 Å². The maximum atomic E-state index is 12.9. The number of rotatable bonds is 9. The highest BCUT2D eigenvalue weighted by molar-refractivity contribution is 7.88. The second kappa shape index (κ2) is 11.4. The number of aromatic nitrogens is 1. The minimum atomic E-state index is -3.45. The highest BCUT2D eigenvalue weighted by Crippen LogP contribution is 2.22. The summed E-state index contributed by atoms with van der Waals surface area (Å²) < 4.78 is 26.6. The van der Waals surface area contributed by atoms with Crippen LogP contribution in [0.4, 0.5) is 5.82 Å². The Kier molecular flexibility index (Phi) is 8.22. The number of fused-ring (bicyclic) bond motifs is 1. The number of carbonyl (C=O) groups is 2. The number of likely N-dealkylation sites (tertiary alicyclic amines) is 1. The van der Waals surface area contributed by atoms with Gasteiger partial charge < -0.3 is 15.5 Å². The number of nitrogens with one attached hydrogen (secondary N) is 3. The Bertz CT molecular complexity index is 1170. The fraction of sp³-hybridized carbons (Fsp3) is 0.480. The average Bonchev–Trinajstić information content (AvgIpc) is 3.24. The minimum Gasteiger partial charge on any atom is -0.367 e. The highest BCUT2D eigenvalue weighted by atomic mass is 32.2. The number of amides is 2. The van der Waals surface area contributed by atoms with Gasteiger partial charge in [-0.2, -0.15) is 0 Å². The van der Waals surface area contributed by atoms with Gasteiger partial charge in [-0.15, -0.1) is 0 Å². The van der Waals surface area contributed by atoms with Gasteiger partial charge in [0.25, 0.3) is 5.91 Å². The van der Waals surface area contributed by atoms with Gasteiger partial charge in [0, 0.05) is 64.0 Å². The van der Waals surface area contributed by atoms with E-state index in [0.717, 1.165) is 32.2 Å². The van der Waals surface area contributed by atoms with E-state index in [9.17, 15) is 18.0 Å². The van der Waals surface area contributed by atoms with E-state index in [2.05, 4.69) is 37.4 Å². The summed E-state index contributed by atoms with van der Waals surface area (Å²) in [6, 6.07) is 11.2. The summed E-state index contributed by atoms with van der Waals surface area (Å²) in [7, 11) is -3.45. The van der Waals surface area contributed by atoms with Crippen LogP contribution in [0.15, 0.2) is 42.6 Å². The first kappa shape index (κ1) is 26.1. The SMILES string of the molecule is CC(=O)N1CCC(Nc2cc(C(=O)NC[C@@H](CN3Cc4ccccc4C3)NS(C)(=O)=O)ccn2)CC1. The Morgan fingerprint density at radius 2 is 1.78 bits per heavy atom. The van der Waals surface area contributed by atoms with Gasteiger partial charge >= 0.3 is 0 Å². The Morgan fingerprint density at radius 3 is 2.39 bits per heavy atom. The van der Waals surface area contributed by atoms with Gasteiger partial charge in [0.05, 0.1) is 12.3 Å². The molecule has 11 heteroatoms. The number of benzene rings is 1. The van der Waals surface area contributed by atoms with Crippen LogP contribution in [0.2, 0.25) is 0 Å². The molecule has 0 saturated carbocycles. The summed E-state index contributed by atoms with van der Waals surface area (Å²) in [5.74, 6) is 0.393. The predicted molar refractivity (Wildman–Crippen MR) is 138 cm³/mol. The fourth-order valence-corrected chi connectivity index (χ4v) is 5.57. The smallest absolute Gasteiger partial charge is 0.251 e. The molecule has 2 amide bonds. The van der Waals surface area contributed by atoms with E-state index in [1.54, 1.807) is 25.3 Å². The first-order chi connectivity index (χ1) is 17.2. The molecular formula is C25H34N6O4S. The summed E-state index contributed by atoms with van der Waals surface area (Å²) in [5.41, 5.74) is 2.92. The van der Waals surface area contributed by atoms with E-state index in [1.165, 1.54) is 11.1 Å². The van der Waals surface area contributed by atoms with E-state index in [-0.39, 0.29) is 24.4 Å². The number of nitrogens with zero attached hydrogens (tertiary/aromatic N) is 3.